The van der Waals surface area contributed by atoms with E-state index in [1.807, 2.05) is 56.8 Å². The number of hydrogen-bond donors (Lipinski definition) is 2. The number of likely N-dealkylation sites (N-methyl/N-ethyl adjacent to an activating group) is 2. The number of alkyl halides is 3. The molecule has 2 N–H and O–H groups in total. The molecule has 5 rings (SSSR count). The van der Waals surface area contributed by atoms with Gasteiger partial charge in [0.1, 0.15) is 11.2 Å². The smallest absolute Gasteiger partial charge is 0.417 e. The normalized spacial score (nSPS) is 14.2. The monoisotopic (exact) mass is 824 g/mol. The molecule has 15 nitrogen and oxygen atoms in total. The van der Waals surface area contributed by atoms with Crippen molar-refractivity contribution < 1.29 is 37.0 Å². The van der Waals surface area contributed by atoms with Gasteiger partial charge in [-0.2, -0.15) is 18.3 Å². The lowest BCUT2D eigenvalue weighted by molar-refractivity contribution is -0.138. The molecule has 4 aromatic rings. The molecular formula is C41H55F3N10O5. The molecule has 1 aliphatic heterocycles. The maximum absolute atomic E-state index is 14.1. The van der Waals surface area contributed by atoms with E-state index < -0.39 is 41.2 Å². The Hall–Kier alpha value is -5.49. The average molecular weight is 825 g/mol. The third-order valence-electron chi connectivity index (χ3n) is 9.31. The number of ether oxygens (including phenoxy) is 2. The number of carbonyl (C=O) groups is 3. The summed E-state index contributed by atoms with van der Waals surface area (Å²) in [7, 11) is 7.25. The standard InChI is InChI=1S/C41H55F3N10O5/c1-39(2,3)58-37(56)53-17-15-30(16-18-53)54(38(57)59-40(4,5)6)35-45-24-28-21-26(12-14-32(28)47-35)33-23-34(49-52(33)10)48-36(55)46-29-13-11-27(31(22-29)41(42,43)44)25-51(9)20-19-50(7)8/h11-14,21-24,30H,15-20,25H2,1-10H3,(H2,46,48,49,55). The molecule has 0 bridgehead atoms. The summed E-state index contributed by atoms with van der Waals surface area (Å²) < 4.78 is 55.1. The van der Waals surface area contributed by atoms with E-state index in [-0.39, 0.29) is 35.6 Å². The summed E-state index contributed by atoms with van der Waals surface area (Å²) in [6.45, 7) is 12.9. The number of nitrogens with zero attached hydrogens (tertiary/aromatic N) is 8. The van der Waals surface area contributed by atoms with Gasteiger partial charge in [-0.05, 0) is 105 Å². The van der Waals surface area contributed by atoms with Crippen LogP contribution in [-0.2, 0) is 29.2 Å². The summed E-state index contributed by atoms with van der Waals surface area (Å²) in [5, 5.41) is 10.2. The van der Waals surface area contributed by atoms with E-state index in [4.69, 9.17) is 14.5 Å². The molecule has 18 heteroatoms. The number of carbonyl (C=O) groups excluding carboxylic acids is 3. The Bertz CT molecular complexity index is 2140. The van der Waals surface area contributed by atoms with Crippen LogP contribution in [0.15, 0.2) is 48.7 Å². The van der Waals surface area contributed by atoms with Crippen LogP contribution in [0, 0.1) is 0 Å². The number of halogens is 3. The lowest BCUT2D eigenvalue weighted by atomic mass is 10.0. The minimum atomic E-state index is -4.62. The van der Waals surface area contributed by atoms with Crippen LogP contribution >= 0.6 is 0 Å². The molecule has 320 valence electrons. The van der Waals surface area contributed by atoms with Gasteiger partial charge in [0.15, 0.2) is 5.82 Å². The van der Waals surface area contributed by atoms with Crippen molar-refractivity contribution in [3.63, 3.8) is 0 Å². The molecule has 0 atom stereocenters. The second kappa shape index (κ2) is 17.8. The maximum atomic E-state index is 14.1. The second-order valence-electron chi connectivity index (χ2n) is 17.0. The summed E-state index contributed by atoms with van der Waals surface area (Å²) >= 11 is 0. The fraction of sp³-hybridized carbons (Fsp3) is 0.512. The van der Waals surface area contributed by atoms with Crippen LogP contribution in [0.5, 0.6) is 0 Å². The first-order chi connectivity index (χ1) is 27.5. The van der Waals surface area contributed by atoms with E-state index in [2.05, 4.69) is 20.7 Å². The van der Waals surface area contributed by atoms with Crippen molar-refractivity contribution in [2.24, 2.45) is 7.05 Å². The number of piperidine rings is 1. The Balaban J connectivity index is 1.30. The van der Waals surface area contributed by atoms with Crippen LogP contribution in [0.4, 0.5) is 45.0 Å². The molecule has 3 heterocycles. The number of anilines is 3. The Morgan fingerprint density at radius 1 is 0.881 bits per heavy atom. The highest BCUT2D eigenvalue weighted by atomic mass is 19.4. The van der Waals surface area contributed by atoms with Gasteiger partial charge in [-0.25, -0.2) is 29.3 Å². The number of hydrogen-bond acceptors (Lipinski definition) is 10. The lowest BCUT2D eigenvalue weighted by Crippen LogP contribution is -2.51. The second-order valence-corrected chi connectivity index (χ2v) is 17.0. The van der Waals surface area contributed by atoms with E-state index in [1.165, 1.54) is 17.0 Å². The zero-order chi connectivity index (χ0) is 43.4. The predicted octanol–water partition coefficient (Wildman–Crippen LogP) is 7.83. The van der Waals surface area contributed by atoms with Gasteiger partial charge in [-0.15, -0.1) is 0 Å². The van der Waals surface area contributed by atoms with Gasteiger partial charge in [0.25, 0.3) is 0 Å². The van der Waals surface area contributed by atoms with E-state index in [0.717, 1.165) is 11.6 Å². The summed E-state index contributed by atoms with van der Waals surface area (Å²) in [6, 6.07) is 9.73. The number of rotatable bonds is 10. The van der Waals surface area contributed by atoms with Crippen LogP contribution < -0.4 is 15.5 Å². The largest absolute Gasteiger partial charge is 0.444 e. The van der Waals surface area contributed by atoms with Gasteiger partial charge in [-0.1, -0.05) is 12.1 Å². The number of fused-ring (bicyclic) bond motifs is 1. The Morgan fingerprint density at radius 2 is 1.56 bits per heavy atom. The maximum Gasteiger partial charge on any atom is 0.417 e. The summed E-state index contributed by atoms with van der Waals surface area (Å²) in [4.78, 5) is 55.5. The molecule has 0 spiro atoms. The minimum Gasteiger partial charge on any atom is -0.444 e. The van der Waals surface area contributed by atoms with Crippen molar-refractivity contribution in [3.8, 4) is 11.3 Å². The molecule has 0 radical (unpaired) electrons. The van der Waals surface area contributed by atoms with E-state index >= 15 is 0 Å². The third kappa shape index (κ3) is 12.3. The number of nitrogens with one attached hydrogen (secondary N) is 2. The molecule has 1 saturated heterocycles. The number of aromatic nitrogens is 4. The zero-order valence-electron chi connectivity index (χ0n) is 35.4. The first kappa shape index (κ1) is 44.6. The number of benzene rings is 2. The van der Waals surface area contributed by atoms with Crippen LogP contribution in [0.25, 0.3) is 22.2 Å². The lowest BCUT2D eigenvalue weighted by Gasteiger charge is -2.38. The van der Waals surface area contributed by atoms with Gasteiger partial charge in [0, 0.05) is 74.7 Å². The molecule has 0 saturated carbocycles. The van der Waals surface area contributed by atoms with Crippen molar-refractivity contribution in [2.45, 2.75) is 84.3 Å². The molecule has 59 heavy (non-hydrogen) atoms. The van der Waals surface area contributed by atoms with Gasteiger partial charge in [0.2, 0.25) is 5.95 Å². The molecular weight excluding hydrogens is 770 g/mol. The quantitative estimate of drug-likeness (QED) is 0.162. The van der Waals surface area contributed by atoms with Crippen LogP contribution in [-0.4, -0.2) is 117 Å². The van der Waals surface area contributed by atoms with Crippen LogP contribution in [0.3, 0.4) is 0 Å². The third-order valence-corrected chi connectivity index (χ3v) is 9.31. The summed E-state index contributed by atoms with van der Waals surface area (Å²) in [6.07, 6.45) is -3.09. The van der Waals surface area contributed by atoms with Crippen molar-refractivity contribution in [1.29, 1.82) is 0 Å². The molecule has 1 aliphatic rings. The first-order valence-electron chi connectivity index (χ1n) is 19.4. The van der Waals surface area contributed by atoms with Crippen molar-refractivity contribution >= 4 is 46.6 Å². The molecule has 1 fully saturated rings. The van der Waals surface area contributed by atoms with Gasteiger partial charge in [-0.3, -0.25) is 10.00 Å². The fourth-order valence-corrected chi connectivity index (χ4v) is 6.51. The molecule has 2 aromatic heterocycles. The molecule has 4 amide bonds. The predicted molar refractivity (Wildman–Crippen MR) is 220 cm³/mol. The van der Waals surface area contributed by atoms with Gasteiger partial charge >= 0.3 is 24.4 Å². The topological polar surface area (TPSA) is 150 Å². The molecule has 2 aromatic carbocycles. The summed E-state index contributed by atoms with van der Waals surface area (Å²) in [5.74, 6) is 0.338. The fourth-order valence-electron chi connectivity index (χ4n) is 6.51. The van der Waals surface area contributed by atoms with Crippen molar-refractivity contribution in [1.82, 2.24) is 34.4 Å². The van der Waals surface area contributed by atoms with Crippen LogP contribution in [0.2, 0.25) is 0 Å². The van der Waals surface area contributed by atoms with E-state index in [0.29, 0.717) is 55.6 Å². The Kier molecular flexibility index (Phi) is 13.4. The Labute approximate surface area is 342 Å². The van der Waals surface area contributed by atoms with Gasteiger partial charge in [0.05, 0.1) is 16.8 Å². The highest BCUT2D eigenvalue weighted by molar-refractivity contribution is 5.99. The number of likely N-dealkylation sites (tertiary alicyclic amines) is 1. The van der Waals surface area contributed by atoms with Crippen LogP contribution in [0.1, 0.15) is 65.5 Å². The summed E-state index contributed by atoms with van der Waals surface area (Å²) in [5.41, 5.74) is -0.238. The minimum absolute atomic E-state index is 0.0175. The Morgan fingerprint density at radius 3 is 2.19 bits per heavy atom. The highest BCUT2D eigenvalue weighted by Gasteiger charge is 2.37. The van der Waals surface area contributed by atoms with E-state index in [9.17, 15) is 27.6 Å². The number of amides is 4. The SMILES string of the molecule is CN(C)CCN(C)Cc1ccc(NC(=O)Nc2cc(-c3ccc4nc(N(C(=O)OC(C)(C)C)C5CCN(C(=O)OC(C)(C)C)CC5)ncc4c3)n(C)n2)cc1C(F)(F)F. The van der Waals surface area contributed by atoms with E-state index in [1.54, 1.807) is 62.8 Å². The zero-order valence-corrected chi connectivity index (χ0v) is 35.4. The molecule has 0 unspecified atom stereocenters. The van der Waals surface area contributed by atoms with Crippen molar-refractivity contribution in [2.75, 3.05) is 62.9 Å². The first-order valence-corrected chi connectivity index (χ1v) is 19.4. The van der Waals surface area contributed by atoms with Crippen molar-refractivity contribution in [3.05, 3.63) is 59.8 Å². The number of urea groups is 1. The van der Waals surface area contributed by atoms with Gasteiger partial charge < -0.3 is 29.5 Å². The average Bonchev–Trinajstić information content (AvgIpc) is 3.48. The highest BCUT2D eigenvalue weighted by Crippen LogP contribution is 2.35. The number of aryl methyl sites for hydroxylation is 1. The molecule has 0 aliphatic carbocycles.